The predicted octanol–water partition coefficient (Wildman–Crippen LogP) is 2.50. The Kier molecular flexibility index (Phi) is 7.54. The van der Waals surface area contributed by atoms with Gasteiger partial charge in [-0.1, -0.05) is 18.6 Å². The summed E-state index contributed by atoms with van der Waals surface area (Å²) in [5.74, 6) is 1.46. The summed E-state index contributed by atoms with van der Waals surface area (Å²) in [5.41, 5.74) is 6.81. The molecule has 4 nitrogen and oxygen atoms in total. The van der Waals surface area contributed by atoms with E-state index in [1.807, 2.05) is 31.2 Å². The van der Waals surface area contributed by atoms with Gasteiger partial charge < -0.3 is 15.8 Å². The molecule has 21 heavy (non-hydrogen) atoms. The number of carbonyl (C=O) groups is 1. The molecule has 0 aromatic heterocycles. The van der Waals surface area contributed by atoms with Gasteiger partial charge in [0, 0.05) is 12.5 Å². The summed E-state index contributed by atoms with van der Waals surface area (Å²) in [4.78, 5) is 12.2. The van der Waals surface area contributed by atoms with Crippen molar-refractivity contribution in [1.82, 2.24) is 5.32 Å². The van der Waals surface area contributed by atoms with E-state index in [2.05, 4.69) is 5.32 Å². The van der Waals surface area contributed by atoms with Gasteiger partial charge in [0.15, 0.2) is 0 Å². The topological polar surface area (TPSA) is 64.3 Å². The number of rotatable bonds is 6. The Labute approximate surface area is 132 Å². The number of nitrogens with one attached hydrogen (secondary N) is 1. The summed E-state index contributed by atoms with van der Waals surface area (Å²) in [7, 11) is 0. The van der Waals surface area contributed by atoms with Crippen LogP contribution in [0.1, 0.15) is 31.7 Å². The predicted molar refractivity (Wildman–Crippen MR) is 86.6 cm³/mol. The Morgan fingerprint density at radius 2 is 2.05 bits per heavy atom. The maximum absolute atomic E-state index is 12.2. The van der Waals surface area contributed by atoms with Gasteiger partial charge in [-0.3, -0.25) is 4.79 Å². The van der Waals surface area contributed by atoms with E-state index in [1.165, 1.54) is 0 Å². The minimum Gasteiger partial charge on any atom is -0.494 e. The number of amides is 1. The van der Waals surface area contributed by atoms with Gasteiger partial charge in [-0.25, -0.2) is 0 Å². The van der Waals surface area contributed by atoms with Gasteiger partial charge in [-0.05, 0) is 49.9 Å². The molecule has 1 aromatic rings. The van der Waals surface area contributed by atoms with Crippen LogP contribution < -0.4 is 15.8 Å². The van der Waals surface area contributed by atoms with Gasteiger partial charge in [-0.15, -0.1) is 12.4 Å². The molecule has 5 heteroatoms. The number of ether oxygens (including phenoxy) is 1. The van der Waals surface area contributed by atoms with E-state index in [0.717, 1.165) is 30.6 Å². The number of benzene rings is 1. The first-order valence-electron chi connectivity index (χ1n) is 7.44. The third-order valence-electron chi connectivity index (χ3n) is 4.00. The Morgan fingerprint density at radius 3 is 2.67 bits per heavy atom. The summed E-state index contributed by atoms with van der Waals surface area (Å²) in [6.07, 6.45) is 3.16. The quantitative estimate of drug-likeness (QED) is 0.848. The molecule has 0 heterocycles. The van der Waals surface area contributed by atoms with Crippen molar-refractivity contribution in [3.63, 3.8) is 0 Å². The zero-order valence-electron chi connectivity index (χ0n) is 12.5. The van der Waals surface area contributed by atoms with Crippen LogP contribution in [0.25, 0.3) is 0 Å². The highest BCUT2D eigenvalue weighted by Gasteiger charge is 2.31. The van der Waals surface area contributed by atoms with Crippen molar-refractivity contribution in [3.05, 3.63) is 29.8 Å². The molecule has 0 spiro atoms. The molecule has 2 atom stereocenters. The first-order chi connectivity index (χ1) is 9.74. The zero-order chi connectivity index (χ0) is 14.4. The SMILES string of the molecule is CCOc1ccc(CNC(=O)[C@@H]2CCC[C@@H]2CN)cc1.Cl. The average molecular weight is 313 g/mol. The van der Waals surface area contributed by atoms with E-state index in [1.54, 1.807) is 0 Å². The van der Waals surface area contributed by atoms with E-state index < -0.39 is 0 Å². The third kappa shape index (κ3) is 4.90. The van der Waals surface area contributed by atoms with E-state index in [-0.39, 0.29) is 24.2 Å². The lowest BCUT2D eigenvalue weighted by molar-refractivity contribution is -0.126. The average Bonchev–Trinajstić information content (AvgIpc) is 2.95. The van der Waals surface area contributed by atoms with Gasteiger partial charge in [0.1, 0.15) is 5.75 Å². The minimum atomic E-state index is 0. The van der Waals surface area contributed by atoms with Crippen LogP contribution in [0.3, 0.4) is 0 Å². The normalized spacial score (nSPS) is 20.7. The molecule has 1 aliphatic carbocycles. The molecular weight excluding hydrogens is 288 g/mol. The highest BCUT2D eigenvalue weighted by atomic mass is 35.5. The van der Waals surface area contributed by atoms with Crippen LogP contribution in [0.4, 0.5) is 0 Å². The van der Waals surface area contributed by atoms with Crippen molar-refractivity contribution in [1.29, 1.82) is 0 Å². The van der Waals surface area contributed by atoms with Crippen LogP contribution in [0.15, 0.2) is 24.3 Å². The fraction of sp³-hybridized carbons (Fsp3) is 0.562. The molecular formula is C16H25ClN2O2. The van der Waals surface area contributed by atoms with Crippen LogP contribution in [0, 0.1) is 11.8 Å². The van der Waals surface area contributed by atoms with Crippen molar-refractivity contribution in [2.45, 2.75) is 32.7 Å². The van der Waals surface area contributed by atoms with Gasteiger partial charge in [-0.2, -0.15) is 0 Å². The molecule has 1 saturated carbocycles. The summed E-state index contributed by atoms with van der Waals surface area (Å²) in [6.45, 7) is 3.81. The van der Waals surface area contributed by atoms with Gasteiger partial charge in [0.2, 0.25) is 5.91 Å². The molecule has 1 aromatic carbocycles. The van der Waals surface area contributed by atoms with Crippen LogP contribution in [0.2, 0.25) is 0 Å². The Morgan fingerprint density at radius 1 is 1.33 bits per heavy atom. The Bertz CT molecular complexity index is 436. The number of hydrogen-bond acceptors (Lipinski definition) is 3. The number of hydrogen-bond donors (Lipinski definition) is 2. The molecule has 0 unspecified atom stereocenters. The monoisotopic (exact) mass is 312 g/mol. The van der Waals surface area contributed by atoms with Crippen molar-refractivity contribution in [2.75, 3.05) is 13.2 Å². The van der Waals surface area contributed by atoms with Gasteiger partial charge >= 0.3 is 0 Å². The summed E-state index contributed by atoms with van der Waals surface area (Å²) < 4.78 is 5.40. The second-order valence-electron chi connectivity index (χ2n) is 5.33. The van der Waals surface area contributed by atoms with E-state index >= 15 is 0 Å². The smallest absolute Gasteiger partial charge is 0.223 e. The molecule has 0 radical (unpaired) electrons. The number of carbonyl (C=O) groups excluding carboxylic acids is 1. The second kappa shape index (κ2) is 8.90. The fourth-order valence-corrected chi connectivity index (χ4v) is 2.85. The summed E-state index contributed by atoms with van der Waals surface area (Å²) >= 11 is 0. The maximum atomic E-state index is 12.2. The molecule has 1 fully saturated rings. The van der Waals surface area contributed by atoms with Crippen molar-refractivity contribution in [2.24, 2.45) is 17.6 Å². The second-order valence-corrected chi connectivity index (χ2v) is 5.33. The molecule has 0 bridgehead atoms. The lowest BCUT2D eigenvalue weighted by atomic mass is 9.95. The first kappa shape index (κ1) is 17.8. The van der Waals surface area contributed by atoms with E-state index in [4.69, 9.17) is 10.5 Å². The van der Waals surface area contributed by atoms with Crippen molar-refractivity contribution < 1.29 is 9.53 Å². The van der Waals surface area contributed by atoms with Crippen molar-refractivity contribution in [3.8, 4) is 5.75 Å². The van der Waals surface area contributed by atoms with Crippen LogP contribution >= 0.6 is 12.4 Å². The largest absolute Gasteiger partial charge is 0.494 e. The van der Waals surface area contributed by atoms with Crippen LogP contribution in [-0.2, 0) is 11.3 Å². The minimum absolute atomic E-state index is 0. The van der Waals surface area contributed by atoms with Gasteiger partial charge in [0.25, 0.3) is 0 Å². The van der Waals surface area contributed by atoms with Crippen molar-refractivity contribution >= 4 is 18.3 Å². The Balaban J connectivity index is 0.00000220. The lowest BCUT2D eigenvalue weighted by Gasteiger charge is -2.17. The van der Waals surface area contributed by atoms with Gasteiger partial charge in [0.05, 0.1) is 6.61 Å². The van der Waals surface area contributed by atoms with Crippen LogP contribution in [-0.4, -0.2) is 19.1 Å². The summed E-state index contributed by atoms with van der Waals surface area (Å²) in [5, 5.41) is 3.02. The summed E-state index contributed by atoms with van der Waals surface area (Å²) in [6, 6.07) is 7.84. The maximum Gasteiger partial charge on any atom is 0.223 e. The Hall–Kier alpha value is -1.26. The highest BCUT2D eigenvalue weighted by Crippen LogP contribution is 2.31. The third-order valence-corrected chi connectivity index (χ3v) is 4.00. The number of halogens is 1. The van der Waals surface area contributed by atoms with Crippen LogP contribution in [0.5, 0.6) is 5.75 Å². The lowest BCUT2D eigenvalue weighted by Crippen LogP contribution is -2.34. The standard InChI is InChI=1S/C16H24N2O2.ClH/c1-2-20-14-8-6-12(7-9-14)11-18-16(19)15-5-3-4-13(15)10-17;/h6-9,13,15H,2-5,10-11,17H2,1H3,(H,18,19);1H/t13-,15-;/m1./s1. The fourth-order valence-electron chi connectivity index (χ4n) is 2.85. The molecule has 0 saturated heterocycles. The molecule has 0 aliphatic heterocycles. The molecule has 1 amide bonds. The first-order valence-corrected chi connectivity index (χ1v) is 7.44. The highest BCUT2D eigenvalue weighted by molar-refractivity contribution is 5.85. The molecule has 2 rings (SSSR count). The molecule has 118 valence electrons. The van der Waals surface area contributed by atoms with E-state index in [0.29, 0.717) is 25.6 Å². The molecule has 1 aliphatic rings. The molecule has 3 N–H and O–H groups in total. The zero-order valence-corrected chi connectivity index (χ0v) is 13.3. The number of nitrogens with two attached hydrogens (primary N) is 1. The van der Waals surface area contributed by atoms with E-state index in [9.17, 15) is 4.79 Å².